The van der Waals surface area contributed by atoms with Crippen LogP contribution in [0.3, 0.4) is 0 Å². The van der Waals surface area contributed by atoms with Crippen molar-refractivity contribution in [2.75, 3.05) is 0 Å². The van der Waals surface area contributed by atoms with Gasteiger partial charge in [-0.05, 0) is 0 Å². The van der Waals surface area contributed by atoms with Crippen LogP contribution in [-0.2, 0) is 31.5 Å². The SMILES string of the molecule is O=S(=O)([O-])[O-].[Li+].[Mo+4]. The third kappa shape index (κ3) is 142. The minimum Gasteiger partial charge on any atom is -0.759 e. The molecule has 0 fully saturated rings. The maximum Gasteiger partial charge on any atom is 4.00 e. The molecule has 0 aromatic heterocycles. The van der Waals surface area contributed by atoms with Crippen molar-refractivity contribution < 1.29 is 57.4 Å². The summed E-state index contributed by atoms with van der Waals surface area (Å²) in [6.07, 6.45) is 0. The van der Waals surface area contributed by atoms with Gasteiger partial charge in [0.05, 0.1) is 0 Å². The Morgan fingerprint density at radius 1 is 1.14 bits per heavy atom. The first kappa shape index (κ1) is 15.7. The molecule has 0 spiro atoms. The predicted molar refractivity (Wildman–Crippen MR) is 10.5 cm³/mol. The third-order valence-corrected chi connectivity index (χ3v) is 0. The number of hydrogen-bond donors (Lipinski definition) is 0. The average molecular weight is 199 g/mol. The van der Waals surface area contributed by atoms with Crippen molar-refractivity contribution in [1.29, 1.82) is 0 Å². The normalized spacial score (nSPS) is 8.29. The Labute approximate surface area is 67.7 Å². The Kier molecular flexibility index (Phi) is 11.9. The van der Waals surface area contributed by atoms with E-state index in [4.69, 9.17) is 17.5 Å². The van der Waals surface area contributed by atoms with Gasteiger partial charge in [-0.2, -0.15) is 0 Å². The largest absolute Gasteiger partial charge is 4.00 e. The molecule has 0 aliphatic rings. The van der Waals surface area contributed by atoms with Gasteiger partial charge >= 0.3 is 39.9 Å². The maximum atomic E-state index is 8.52. The van der Waals surface area contributed by atoms with Crippen molar-refractivity contribution in [2.45, 2.75) is 0 Å². The van der Waals surface area contributed by atoms with Gasteiger partial charge in [-0.15, -0.1) is 0 Å². The first-order valence-corrected chi connectivity index (χ1v) is 2.00. The molecule has 7 heteroatoms. The molecule has 0 aromatic rings. The van der Waals surface area contributed by atoms with Crippen molar-refractivity contribution in [3.8, 4) is 0 Å². The summed E-state index contributed by atoms with van der Waals surface area (Å²) in [6.45, 7) is 0. The second-order valence-corrected chi connectivity index (χ2v) is 1.22. The van der Waals surface area contributed by atoms with E-state index in [2.05, 4.69) is 0 Å². The Morgan fingerprint density at radius 3 is 1.14 bits per heavy atom. The second kappa shape index (κ2) is 5.30. The topological polar surface area (TPSA) is 80.3 Å². The molecule has 0 aliphatic heterocycles. The number of hydrogen-bond acceptors (Lipinski definition) is 4. The molecule has 0 aromatic carbocycles. The van der Waals surface area contributed by atoms with E-state index in [0.29, 0.717) is 0 Å². The summed E-state index contributed by atoms with van der Waals surface area (Å²) in [5.74, 6) is 0. The van der Waals surface area contributed by atoms with Crippen LogP contribution in [0.2, 0.25) is 0 Å². The molecule has 0 radical (unpaired) electrons. The summed E-state index contributed by atoms with van der Waals surface area (Å²) in [7, 11) is -5.17. The molecule has 34 valence electrons. The standard InChI is InChI=1S/Li.Mo.H2O4S/c;;1-5(2,3)4/h;;(H2,1,2,3,4)/q+1;+4;/p-2. The Hall–Kier alpha value is 1.16. The van der Waals surface area contributed by atoms with Crippen LogP contribution in [0.5, 0.6) is 0 Å². The quantitative estimate of drug-likeness (QED) is 0.224. The zero-order valence-electron chi connectivity index (χ0n) is 3.45. The van der Waals surface area contributed by atoms with E-state index in [-0.39, 0.29) is 39.9 Å². The molecule has 0 saturated carbocycles. The smallest absolute Gasteiger partial charge is 0.759 e. The summed E-state index contributed by atoms with van der Waals surface area (Å²) in [4.78, 5) is 0. The second-order valence-electron chi connectivity index (χ2n) is 0.408. The maximum absolute atomic E-state index is 8.52. The van der Waals surface area contributed by atoms with Crippen molar-refractivity contribution in [3.05, 3.63) is 0 Å². The molecular formula is LiMoO4S+3. The summed E-state index contributed by atoms with van der Waals surface area (Å²) < 4.78 is 34.1. The van der Waals surface area contributed by atoms with E-state index in [1.807, 2.05) is 0 Å². The van der Waals surface area contributed by atoms with Crippen molar-refractivity contribution >= 4 is 10.4 Å². The zero-order chi connectivity index (χ0) is 4.50. The van der Waals surface area contributed by atoms with Crippen LogP contribution in [0.1, 0.15) is 0 Å². The fraction of sp³-hybridized carbons (Fsp3) is 0. The first-order chi connectivity index (χ1) is 2.00. The van der Waals surface area contributed by atoms with Crippen molar-refractivity contribution in [3.63, 3.8) is 0 Å². The van der Waals surface area contributed by atoms with E-state index in [9.17, 15) is 0 Å². The van der Waals surface area contributed by atoms with Gasteiger partial charge in [0.2, 0.25) is 0 Å². The summed E-state index contributed by atoms with van der Waals surface area (Å²) in [5.41, 5.74) is 0. The molecule has 0 amide bonds. The van der Waals surface area contributed by atoms with Gasteiger partial charge in [-0.3, -0.25) is 8.42 Å². The number of rotatable bonds is 0. The van der Waals surface area contributed by atoms with Crippen LogP contribution < -0.4 is 18.9 Å². The monoisotopic (exact) mass is 201 g/mol. The Balaban J connectivity index is -0.0000000800. The molecule has 0 unspecified atom stereocenters. The van der Waals surface area contributed by atoms with E-state index in [0.717, 1.165) is 0 Å². The molecule has 7 heavy (non-hydrogen) atoms. The zero-order valence-corrected chi connectivity index (χ0v) is 6.27. The van der Waals surface area contributed by atoms with Crippen molar-refractivity contribution in [2.24, 2.45) is 0 Å². The summed E-state index contributed by atoms with van der Waals surface area (Å²) in [5, 5.41) is 0. The third-order valence-electron chi connectivity index (χ3n) is 0. The molecule has 0 rings (SSSR count). The fourth-order valence-electron chi connectivity index (χ4n) is 0. The van der Waals surface area contributed by atoms with Gasteiger partial charge in [-0.1, -0.05) is 0 Å². The van der Waals surface area contributed by atoms with E-state index >= 15 is 0 Å². The molecule has 0 atom stereocenters. The van der Waals surface area contributed by atoms with Gasteiger partial charge < -0.3 is 9.11 Å². The van der Waals surface area contributed by atoms with Crippen LogP contribution in [-0.4, -0.2) is 17.5 Å². The predicted octanol–water partition coefficient (Wildman–Crippen LogP) is -4.34. The van der Waals surface area contributed by atoms with Crippen LogP contribution >= 0.6 is 0 Å². The van der Waals surface area contributed by atoms with Crippen molar-refractivity contribution in [1.82, 2.24) is 0 Å². The molecule has 4 nitrogen and oxygen atoms in total. The summed E-state index contributed by atoms with van der Waals surface area (Å²) >= 11 is 0. The van der Waals surface area contributed by atoms with Gasteiger partial charge in [0.25, 0.3) is 0 Å². The molecule has 0 heterocycles. The molecule has 0 saturated heterocycles. The van der Waals surface area contributed by atoms with Gasteiger partial charge in [-0.25, -0.2) is 0 Å². The van der Waals surface area contributed by atoms with Gasteiger partial charge in [0.1, 0.15) is 0 Å². The van der Waals surface area contributed by atoms with Crippen LogP contribution in [0, 0.1) is 0 Å². The molecule has 0 bridgehead atoms. The van der Waals surface area contributed by atoms with Crippen LogP contribution in [0.15, 0.2) is 0 Å². The first-order valence-electron chi connectivity index (χ1n) is 0.667. The molecular weight excluding hydrogens is 199 g/mol. The minimum atomic E-state index is -5.17. The van der Waals surface area contributed by atoms with Crippen LogP contribution in [0.25, 0.3) is 0 Å². The summed E-state index contributed by atoms with van der Waals surface area (Å²) in [6, 6.07) is 0. The van der Waals surface area contributed by atoms with Gasteiger partial charge in [0.15, 0.2) is 0 Å². The molecule has 0 aliphatic carbocycles. The fourth-order valence-corrected chi connectivity index (χ4v) is 0. The molecule has 0 N–H and O–H groups in total. The van der Waals surface area contributed by atoms with E-state index < -0.39 is 10.4 Å². The van der Waals surface area contributed by atoms with E-state index in [1.165, 1.54) is 0 Å². The Morgan fingerprint density at radius 2 is 1.14 bits per heavy atom. The average Bonchev–Trinajstić information content (AvgIpc) is 0.722. The Bertz CT molecular complexity index is 94.9. The minimum absolute atomic E-state index is 0. The van der Waals surface area contributed by atoms with Gasteiger partial charge in [0, 0.05) is 10.4 Å². The van der Waals surface area contributed by atoms with E-state index in [1.54, 1.807) is 0 Å². The van der Waals surface area contributed by atoms with Crippen LogP contribution in [0.4, 0.5) is 0 Å².